The second-order valence-corrected chi connectivity index (χ2v) is 16.0. The number of nitrogens with zero attached hydrogens (tertiary/aromatic N) is 4. The van der Waals surface area contributed by atoms with Crippen molar-refractivity contribution in [3.8, 4) is 17.2 Å². The molecule has 2 saturated heterocycles. The van der Waals surface area contributed by atoms with Crippen LogP contribution in [0, 0.1) is 13.8 Å². The maximum Gasteiger partial charge on any atom is 0.261 e. The molecule has 3 heterocycles. The van der Waals surface area contributed by atoms with Gasteiger partial charge in [-0.3, -0.25) is 9.35 Å². The molecule has 0 aliphatic carbocycles. The number of imidazole rings is 1. The molecule has 1 aromatic heterocycles. The van der Waals surface area contributed by atoms with E-state index >= 15 is 0 Å². The molecule has 1 amide bonds. The van der Waals surface area contributed by atoms with Gasteiger partial charge in [0.1, 0.15) is 0 Å². The zero-order valence-corrected chi connectivity index (χ0v) is 34.1. The molecule has 4 aromatic rings. The van der Waals surface area contributed by atoms with E-state index in [4.69, 9.17) is 28.5 Å². The number of nitrogens with one attached hydrogen (secondary N) is 1. The first-order valence-corrected chi connectivity index (χ1v) is 20.7. The second-order valence-electron chi connectivity index (χ2n) is 14.5. The van der Waals surface area contributed by atoms with Crippen molar-refractivity contribution < 1.29 is 36.7 Å². The molecule has 0 saturated carbocycles. The van der Waals surface area contributed by atoms with Gasteiger partial charge in [0.15, 0.2) is 11.5 Å². The lowest BCUT2D eigenvalue weighted by Gasteiger charge is -2.36. The topological polar surface area (TPSA) is 145 Å². The van der Waals surface area contributed by atoms with Crippen LogP contribution in [0.25, 0.3) is 11.0 Å². The highest BCUT2D eigenvalue weighted by Gasteiger charge is 2.42. The summed E-state index contributed by atoms with van der Waals surface area (Å²) in [5.41, 5.74) is 6.45. The summed E-state index contributed by atoms with van der Waals surface area (Å²) in [6.07, 6.45) is 4.72. The fourth-order valence-electron chi connectivity index (χ4n) is 7.66. The van der Waals surface area contributed by atoms with E-state index in [0.29, 0.717) is 61.4 Å². The molecule has 2 aliphatic heterocycles. The molecule has 0 spiro atoms. The van der Waals surface area contributed by atoms with Crippen LogP contribution in [0.2, 0.25) is 0 Å². The molecule has 300 valence electrons. The Morgan fingerprint density at radius 3 is 2.24 bits per heavy atom. The minimum atomic E-state index is -3.67. The van der Waals surface area contributed by atoms with Gasteiger partial charge in [0, 0.05) is 56.4 Å². The number of para-hydroxylation sites is 2. The number of carbonyl (C=O) groups excluding carboxylic acids is 1. The Bertz CT molecular complexity index is 2000. The van der Waals surface area contributed by atoms with Crippen LogP contribution in [-0.4, -0.2) is 118 Å². The van der Waals surface area contributed by atoms with Crippen molar-refractivity contribution in [3.05, 3.63) is 76.9 Å². The average molecular weight is 780 g/mol. The Kier molecular flexibility index (Phi) is 14.1. The van der Waals surface area contributed by atoms with Crippen LogP contribution in [0.5, 0.6) is 17.2 Å². The van der Waals surface area contributed by atoms with Gasteiger partial charge in [0.2, 0.25) is 11.7 Å². The van der Waals surface area contributed by atoms with Crippen molar-refractivity contribution in [1.82, 2.24) is 19.4 Å². The van der Waals surface area contributed by atoms with E-state index in [9.17, 15) is 13.2 Å². The molecule has 0 radical (unpaired) electrons. The third-order valence-corrected chi connectivity index (χ3v) is 10.8. The number of hydrogen-bond acceptors (Lipinski definition) is 10. The molecule has 1 unspecified atom stereocenters. The lowest BCUT2D eigenvalue weighted by Crippen LogP contribution is -2.42. The Balaban J connectivity index is 0.00000109. The van der Waals surface area contributed by atoms with Gasteiger partial charge in [-0.25, -0.2) is 4.98 Å². The number of ether oxygens (including phenoxy) is 4. The minimum Gasteiger partial charge on any atom is -0.493 e. The van der Waals surface area contributed by atoms with Crippen molar-refractivity contribution in [2.24, 2.45) is 0 Å². The van der Waals surface area contributed by atoms with Crippen LogP contribution in [0.3, 0.4) is 0 Å². The van der Waals surface area contributed by atoms with Crippen LogP contribution >= 0.6 is 0 Å². The molecule has 3 aromatic carbocycles. The van der Waals surface area contributed by atoms with E-state index in [0.717, 1.165) is 68.8 Å². The number of fused-ring (bicyclic) bond motifs is 1. The van der Waals surface area contributed by atoms with Gasteiger partial charge in [0.05, 0.1) is 45.2 Å². The molecule has 1 atom stereocenters. The number of anilines is 1. The summed E-state index contributed by atoms with van der Waals surface area (Å²) in [6, 6.07) is 19.1. The number of piperidine rings is 1. The third kappa shape index (κ3) is 10.5. The fraction of sp³-hybridized carbons (Fsp3) is 0.512. The zero-order valence-electron chi connectivity index (χ0n) is 33.3. The maximum absolute atomic E-state index is 14.0. The Hall–Kier alpha value is -4.37. The molecule has 55 heavy (non-hydrogen) atoms. The first-order valence-electron chi connectivity index (χ1n) is 18.9. The van der Waals surface area contributed by atoms with Crippen LogP contribution in [0.1, 0.15) is 59.7 Å². The number of amides is 1. The number of benzene rings is 3. The number of methoxy groups -OCH3 is 3. The normalized spacial score (nSPS) is 17.9. The van der Waals surface area contributed by atoms with Crippen molar-refractivity contribution in [3.63, 3.8) is 0 Å². The predicted octanol–water partition coefficient (Wildman–Crippen LogP) is 5.97. The van der Waals surface area contributed by atoms with E-state index in [2.05, 4.69) is 65.0 Å². The number of likely N-dealkylation sites (tertiary alicyclic amines) is 2. The highest BCUT2D eigenvalue weighted by Crippen LogP contribution is 2.42. The highest BCUT2D eigenvalue weighted by molar-refractivity contribution is 7.85. The number of aromatic nitrogens is 2. The van der Waals surface area contributed by atoms with Gasteiger partial charge in [-0.2, -0.15) is 8.42 Å². The summed E-state index contributed by atoms with van der Waals surface area (Å²) in [7, 11) is 1.05. The Labute approximate surface area is 325 Å². The number of hydrogen-bond donors (Lipinski definition) is 2. The van der Waals surface area contributed by atoms with Crippen molar-refractivity contribution in [2.45, 2.75) is 64.5 Å². The highest BCUT2D eigenvalue weighted by atomic mass is 32.2. The maximum atomic E-state index is 14.0. The summed E-state index contributed by atoms with van der Waals surface area (Å²) in [6.45, 7) is 12.9. The smallest absolute Gasteiger partial charge is 0.261 e. The summed E-state index contributed by atoms with van der Waals surface area (Å²) in [5.74, 6) is 2.36. The summed E-state index contributed by atoms with van der Waals surface area (Å²) in [5, 5.41) is 3.79. The number of aryl methyl sites for hydroxylation is 2. The Morgan fingerprint density at radius 2 is 1.62 bits per heavy atom. The number of carbonyl (C=O) groups is 1. The monoisotopic (exact) mass is 779 g/mol. The van der Waals surface area contributed by atoms with Crippen molar-refractivity contribution in [1.29, 1.82) is 0 Å². The van der Waals surface area contributed by atoms with Gasteiger partial charge >= 0.3 is 0 Å². The van der Waals surface area contributed by atoms with Gasteiger partial charge in [-0.15, -0.1) is 0 Å². The van der Waals surface area contributed by atoms with Gasteiger partial charge in [-0.1, -0.05) is 30.3 Å². The van der Waals surface area contributed by atoms with Crippen LogP contribution in [0.15, 0.2) is 54.6 Å². The molecule has 14 heteroatoms. The minimum absolute atomic E-state index is 0.0193. The van der Waals surface area contributed by atoms with Crippen LogP contribution < -0.4 is 19.5 Å². The van der Waals surface area contributed by atoms with Crippen LogP contribution in [0.4, 0.5) is 5.95 Å². The van der Waals surface area contributed by atoms with Crippen LogP contribution in [-0.2, 0) is 26.8 Å². The van der Waals surface area contributed by atoms with Gasteiger partial charge in [-0.05, 0) is 94.0 Å². The number of rotatable bonds is 14. The van der Waals surface area contributed by atoms with Gasteiger partial charge < -0.3 is 38.6 Å². The second kappa shape index (κ2) is 18.5. The molecule has 2 fully saturated rings. The lowest BCUT2D eigenvalue weighted by atomic mass is 9.75. The Morgan fingerprint density at radius 1 is 0.945 bits per heavy atom. The van der Waals surface area contributed by atoms with Crippen molar-refractivity contribution in [2.75, 3.05) is 78.8 Å². The standard InChI is InChI=1S/C40H53N5O5.CH4O3S/c1-7-50-23-22-45-34-11-9-8-10-33(34)42-39(45)41-32-14-18-43(19-15-32)20-16-40(31-13-12-28(2)29(3)24-31)17-21-44(27-40)38(46)30-25-35(47-4)37(49-6)36(26-30)48-5;1-5(2,3)4/h8-13,24-26,32H,7,14-23,27H2,1-6H3,(H,41,42);1H3,(H,2,3,4). The lowest BCUT2D eigenvalue weighted by molar-refractivity contribution is 0.0779. The average Bonchev–Trinajstić information content (AvgIpc) is 3.76. The fourth-order valence-corrected chi connectivity index (χ4v) is 7.66. The van der Waals surface area contributed by atoms with E-state index in [1.54, 1.807) is 33.5 Å². The third-order valence-electron chi connectivity index (χ3n) is 10.8. The molecular weight excluding hydrogens is 723 g/mol. The molecule has 6 rings (SSSR count). The quantitative estimate of drug-likeness (QED) is 0.115. The SMILES string of the molecule is CCOCCn1c(NC2CCN(CCC3(c4ccc(C)c(C)c4)CCN(C(=O)c4cc(OC)c(OC)c(OC)c4)C3)CC2)nc2ccccc21.CS(=O)(=O)O. The van der Waals surface area contributed by atoms with E-state index in [1.165, 1.54) is 16.7 Å². The molecule has 2 N–H and O–H groups in total. The molecular formula is C41H57N5O8S. The largest absolute Gasteiger partial charge is 0.493 e. The van der Waals surface area contributed by atoms with Crippen molar-refractivity contribution >= 4 is 33.0 Å². The van der Waals surface area contributed by atoms with E-state index in [-0.39, 0.29) is 11.3 Å². The zero-order chi connectivity index (χ0) is 39.8. The van der Waals surface area contributed by atoms with E-state index < -0.39 is 10.1 Å². The first kappa shape index (κ1) is 41.8. The first-order chi connectivity index (χ1) is 26.3. The summed E-state index contributed by atoms with van der Waals surface area (Å²) < 4.78 is 50.4. The molecule has 0 bridgehead atoms. The van der Waals surface area contributed by atoms with Gasteiger partial charge in [0.25, 0.3) is 16.0 Å². The van der Waals surface area contributed by atoms with E-state index in [1.807, 2.05) is 17.9 Å². The summed E-state index contributed by atoms with van der Waals surface area (Å²) >= 11 is 0. The predicted molar refractivity (Wildman–Crippen MR) is 216 cm³/mol. The molecule has 2 aliphatic rings. The summed E-state index contributed by atoms with van der Waals surface area (Å²) in [4.78, 5) is 23.6. The molecule has 13 nitrogen and oxygen atoms in total.